The van der Waals surface area contributed by atoms with Gasteiger partial charge in [0.2, 0.25) is 0 Å². The molecule has 28 heavy (non-hydrogen) atoms. The molecule has 0 saturated heterocycles. The normalized spacial score (nSPS) is 10.9. The number of amides is 1. The molecule has 0 unspecified atom stereocenters. The Hall–Kier alpha value is -4.31. The van der Waals surface area contributed by atoms with E-state index in [0.29, 0.717) is 22.8 Å². The number of hydrogen-bond acceptors (Lipinski definition) is 5. The van der Waals surface area contributed by atoms with Crippen LogP contribution in [0.4, 0.5) is 5.69 Å². The highest BCUT2D eigenvalue weighted by Crippen LogP contribution is 2.24. The van der Waals surface area contributed by atoms with Crippen LogP contribution in [0.25, 0.3) is 17.4 Å². The van der Waals surface area contributed by atoms with Crippen molar-refractivity contribution in [1.82, 2.24) is 0 Å². The maximum Gasteiger partial charge on any atom is 0.335 e. The number of carboxylic acid groups (broad SMARTS) is 1. The Labute approximate surface area is 159 Å². The SMILES string of the molecule is N#CC(=Cc1ccc(-c2ccc(C(=O)O)cc2)o1)C(=O)Nc1ccc(O)cc1. The number of furan rings is 1. The van der Waals surface area contributed by atoms with Gasteiger partial charge in [-0.3, -0.25) is 4.79 Å². The minimum absolute atomic E-state index is 0.0635. The van der Waals surface area contributed by atoms with Crippen LogP contribution in [0.2, 0.25) is 0 Å². The van der Waals surface area contributed by atoms with E-state index in [0.717, 1.165) is 0 Å². The molecule has 2 aromatic carbocycles. The molecule has 0 aliphatic heterocycles. The van der Waals surface area contributed by atoms with Crippen LogP contribution in [0.15, 0.2) is 70.7 Å². The summed E-state index contributed by atoms with van der Waals surface area (Å²) < 4.78 is 5.63. The molecule has 0 atom stereocenters. The summed E-state index contributed by atoms with van der Waals surface area (Å²) >= 11 is 0. The standard InChI is InChI=1S/C21H14N2O5/c22-12-15(20(25)23-16-5-7-17(24)8-6-16)11-18-9-10-19(28-18)13-1-3-14(4-2-13)21(26)27/h1-11,24H,(H,23,25)(H,26,27). The number of hydrogen-bond donors (Lipinski definition) is 3. The van der Waals surface area contributed by atoms with Gasteiger partial charge in [0.25, 0.3) is 5.91 Å². The van der Waals surface area contributed by atoms with Crippen LogP contribution in [0.3, 0.4) is 0 Å². The summed E-state index contributed by atoms with van der Waals surface area (Å²) in [5.74, 6) is -0.799. The molecule has 1 amide bonds. The van der Waals surface area contributed by atoms with Gasteiger partial charge in [0.15, 0.2) is 0 Å². The van der Waals surface area contributed by atoms with E-state index in [2.05, 4.69) is 5.32 Å². The zero-order chi connectivity index (χ0) is 20.1. The molecule has 0 aliphatic rings. The lowest BCUT2D eigenvalue weighted by Crippen LogP contribution is -2.13. The van der Waals surface area contributed by atoms with Gasteiger partial charge in [-0.2, -0.15) is 5.26 Å². The first-order chi connectivity index (χ1) is 13.5. The number of carbonyl (C=O) groups excluding carboxylic acids is 1. The summed E-state index contributed by atoms with van der Waals surface area (Å²) in [6.45, 7) is 0. The molecule has 7 heteroatoms. The van der Waals surface area contributed by atoms with E-state index in [4.69, 9.17) is 9.52 Å². The molecule has 0 fully saturated rings. The lowest BCUT2D eigenvalue weighted by molar-refractivity contribution is -0.112. The van der Waals surface area contributed by atoms with Crippen LogP contribution in [-0.2, 0) is 4.79 Å². The zero-order valence-corrected chi connectivity index (χ0v) is 14.4. The topological polar surface area (TPSA) is 124 Å². The van der Waals surface area contributed by atoms with Gasteiger partial charge in [-0.05, 0) is 48.5 Å². The smallest absolute Gasteiger partial charge is 0.335 e. The van der Waals surface area contributed by atoms with E-state index in [1.807, 2.05) is 6.07 Å². The molecular formula is C21H14N2O5. The van der Waals surface area contributed by atoms with Gasteiger partial charge in [0.1, 0.15) is 28.9 Å². The van der Waals surface area contributed by atoms with Crippen molar-refractivity contribution in [2.45, 2.75) is 0 Å². The zero-order valence-electron chi connectivity index (χ0n) is 14.4. The molecule has 3 aromatic rings. The van der Waals surface area contributed by atoms with Gasteiger partial charge >= 0.3 is 5.97 Å². The van der Waals surface area contributed by atoms with Crippen molar-refractivity contribution in [3.63, 3.8) is 0 Å². The Morgan fingerprint density at radius 2 is 1.68 bits per heavy atom. The highest BCUT2D eigenvalue weighted by Gasteiger charge is 2.12. The molecule has 0 aliphatic carbocycles. The van der Waals surface area contributed by atoms with Crippen molar-refractivity contribution < 1.29 is 24.2 Å². The van der Waals surface area contributed by atoms with E-state index in [9.17, 15) is 20.0 Å². The van der Waals surface area contributed by atoms with Gasteiger partial charge in [0.05, 0.1) is 5.56 Å². The Morgan fingerprint density at radius 1 is 1.00 bits per heavy atom. The Morgan fingerprint density at radius 3 is 2.29 bits per heavy atom. The van der Waals surface area contributed by atoms with Crippen LogP contribution >= 0.6 is 0 Å². The summed E-state index contributed by atoms with van der Waals surface area (Å²) in [5.41, 5.74) is 1.10. The minimum atomic E-state index is -1.02. The second kappa shape index (κ2) is 7.93. The Bertz CT molecular complexity index is 1090. The molecule has 3 N–H and O–H groups in total. The number of carbonyl (C=O) groups is 2. The van der Waals surface area contributed by atoms with Gasteiger partial charge in [-0.15, -0.1) is 0 Å². The van der Waals surface area contributed by atoms with Gasteiger partial charge in [-0.1, -0.05) is 12.1 Å². The number of benzene rings is 2. The number of phenols is 1. The average molecular weight is 374 g/mol. The van der Waals surface area contributed by atoms with Crippen molar-refractivity contribution in [2.75, 3.05) is 5.32 Å². The third kappa shape index (κ3) is 4.26. The Kier molecular flexibility index (Phi) is 5.23. The highest BCUT2D eigenvalue weighted by atomic mass is 16.4. The van der Waals surface area contributed by atoms with Crippen molar-refractivity contribution in [1.29, 1.82) is 5.26 Å². The van der Waals surface area contributed by atoms with Crippen LogP contribution in [-0.4, -0.2) is 22.1 Å². The number of anilines is 1. The molecule has 0 bridgehead atoms. The molecule has 0 spiro atoms. The molecule has 7 nitrogen and oxygen atoms in total. The fourth-order valence-electron chi connectivity index (χ4n) is 2.40. The summed E-state index contributed by atoms with van der Waals surface area (Å²) in [6.07, 6.45) is 1.31. The molecule has 0 saturated carbocycles. The maximum absolute atomic E-state index is 12.2. The third-order valence-electron chi connectivity index (χ3n) is 3.82. The average Bonchev–Trinajstić information content (AvgIpc) is 3.16. The summed E-state index contributed by atoms with van der Waals surface area (Å²) in [6, 6.07) is 17.1. The molecule has 0 radical (unpaired) electrons. The highest BCUT2D eigenvalue weighted by molar-refractivity contribution is 6.09. The molecule has 1 aromatic heterocycles. The van der Waals surface area contributed by atoms with E-state index in [-0.39, 0.29) is 16.9 Å². The number of nitriles is 1. The van der Waals surface area contributed by atoms with Crippen molar-refractivity contribution >= 4 is 23.6 Å². The Balaban J connectivity index is 1.78. The number of nitrogens with zero attached hydrogens (tertiary/aromatic N) is 1. The number of aromatic carboxylic acids is 1. The van der Waals surface area contributed by atoms with E-state index >= 15 is 0 Å². The maximum atomic E-state index is 12.2. The third-order valence-corrected chi connectivity index (χ3v) is 3.82. The second-order valence-corrected chi connectivity index (χ2v) is 5.76. The minimum Gasteiger partial charge on any atom is -0.508 e. The number of aromatic hydroxyl groups is 1. The number of nitrogens with one attached hydrogen (secondary N) is 1. The van der Waals surface area contributed by atoms with Gasteiger partial charge < -0.3 is 19.9 Å². The lowest BCUT2D eigenvalue weighted by atomic mass is 10.1. The largest absolute Gasteiger partial charge is 0.508 e. The van der Waals surface area contributed by atoms with Crippen molar-refractivity contribution in [3.05, 3.63) is 77.6 Å². The quantitative estimate of drug-likeness (QED) is 0.353. The number of phenolic OH excluding ortho intramolecular Hbond substituents is 1. The fraction of sp³-hybridized carbons (Fsp3) is 0. The predicted molar refractivity (Wildman–Crippen MR) is 101 cm³/mol. The van der Waals surface area contributed by atoms with Crippen LogP contribution in [0, 0.1) is 11.3 Å². The van der Waals surface area contributed by atoms with E-state index < -0.39 is 11.9 Å². The van der Waals surface area contributed by atoms with Crippen LogP contribution in [0.1, 0.15) is 16.1 Å². The van der Waals surface area contributed by atoms with Gasteiger partial charge in [0, 0.05) is 17.3 Å². The molecule has 3 rings (SSSR count). The molecular weight excluding hydrogens is 360 g/mol. The van der Waals surface area contributed by atoms with Crippen molar-refractivity contribution in [3.8, 4) is 23.1 Å². The molecule has 1 heterocycles. The summed E-state index contributed by atoms with van der Waals surface area (Å²) in [5, 5.41) is 30.0. The monoisotopic (exact) mass is 374 g/mol. The summed E-state index contributed by atoms with van der Waals surface area (Å²) in [4.78, 5) is 23.2. The first-order valence-electron chi connectivity index (χ1n) is 8.12. The predicted octanol–water partition coefficient (Wildman–Crippen LogP) is 3.90. The number of rotatable bonds is 5. The van der Waals surface area contributed by atoms with Crippen LogP contribution < -0.4 is 5.32 Å². The molecule has 138 valence electrons. The summed E-state index contributed by atoms with van der Waals surface area (Å²) in [7, 11) is 0. The van der Waals surface area contributed by atoms with Gasteiger partial charge in [-0.25, -0.2) is 4.79 Å². The van der Waals surface area contributed by atoms with Crippen LogP contribution in [0.5, 0.6) is 5.75 Å². The lowest BCUT2D eigenvalue weighted by Gasteiger charge is -2.03. The number of carboxylic acids is 1. The van der Waals surface area contributed by atoms with E-state index in [1.165, 1.54) is 42.5 Å². The fourth-order valence-corrected chi connectivity index (χ4v) is 2.40. The van der Waals surface area contributed by atoms with Crippen molar-refractivity contribution in [2.24, 2.45) is 0 Å². The second-order valence-electron chi connectivity index (χ2n) is 5.76. The van der Waals surface area contributed by atoms with E-state index in [1.54, 1.807) is 24.3 Å². The first-order valence-corrected chi connectivity index (χ1v) is 8.12. The first kappa shape index (κ1) is 18.5.